The van der Waals surface area contributed by atoms with E-state index >= 15 is 0 Å². The molecule has 3 rings (SSSR count). The zero-order valence-electron chi connectivity index (χ0n) is 11.8. The fourth-order valence-electron chi connectivity index (χ4n) is 2.53. The Bertz CT molecular complexity index is 651. The van der Waals surface area contributed by atoms with E-state index in [4.69, 9.17) is 10.5 Å². The van der Waals surface area contributed by atoms with Crippen molar-refractivity contribution in [3.63, 3.8) is 0 Å². The first kappa shape index (κ1) is 14.0. The lowest BCUT2D eigenvalue weighted by Crippen LogP contribution is -2.56. The summed E-state index contributed by atoms with van der Waals surface area (Å²) in [5, 5.41) is 3.98. The number of carbonyl (C=O) groups is 1. The fraction of sp³-hybridized carbons (Fsp3) is 0.375. The SMILES string of the molecule is NC1(C(=O)NCc2cnc3ccccc3c2)CCOCC1. The molecule has 1 aliphatic rings. The Labute approximate surface area is 123 Å². The zero-order valence-corrected chi connectivity index (χ0v) is 11.8. The van der Waals surface area contributed by atoms with Gasteiger partial charge in [-0.2, -0.15) is 0 Å². The number of nitrogens with one attached hydrogen (secondary N) is 1. The Kier molecular flexibility index (Phi) is 3.86. The summed E-state index contributed by atoms with van der Waals surface area (Å²) in [6.45, 7) is 1.53. The summed E-state index contributed by atoms with van der Waals surface area (Å²) in [5.74, 6) is -0.112. The van der Waals surface area contributed by atoms with Gasteiger partial charge in [0.25, 0.3) is 0 Å². The summed E-state index contributed by atoms with van der Waals surface area (Å²) in [4.78, 5) is 16.6. The van der Waals surface area contributed by atoms with Crippen LogP contribution in [0.25, 0.3) is 10.9 Å². The predicted molar refractivity (Wildman–Crippen MR) is 80.6 cm³/mol. The second-order valence-corrected chi connectivity index (χ2v) is 5.49. The maximum Gasteiger partial charge on any atom is 0.240 e. The third kappa shape index (κ3) is 3.04. The number of pyridine rings is 1. The first-order valence-electron chi connectivity index (χ1n) is 7.16. The van der Waals surface area contributed by atoms with E-state index in [2.05, 4.69) is 10.3 Å². The van der Waals surface area contributed by atoms with Gasteiger partial charge in [0.15, 0.2) is 0 Å². The number of hydrogen-bond acceptors (Lipinski definition) is 4. The molecule has 1 saturated heterocycles. The molecule has 0 atom stereocenters. The number of hydrogen-bond donors (Lipinski definition) is 2. The van der Waals surface area contributed by atoms with E-state index in [1.165, 1.54) is 0 Å². The highest BCUT2D eigenvalue weighted by molar-refractivity contribution is 5.86. The van der Waals surface area contributed by atoms with Gasteiger partial charge in [-0.05, 0) is 30.5 Å². The average Bonchev–Trinajstić information content (AvgIpc) is 2.53. The van der Waals surface area contributed by atoms with Gasteiger partial charge in [0, 0.05) is 31.3 Å². The molecule has 0 saturated carbocycles. The van der Waals surface area contributed by atoms with Crippen LogP contribution < -0.4 is 11.1 Å². The Morgan fingerprint density at radius 3 is 2.90 bits per heavy atom. The summed E-state index contributed by atoms with van der Waals surface area (Å²) in [7, 11) is 0. The Morgan fingerprint density at radius 1 is 1.33 bits per heavy atom. The van der Waals surface area contributed by atoms with E-state index in [-0.39, 0.29) is 5.91 Å². The van der Waals surface area contributed by atoms with E-state index in [1.807, 2.05) is 30.3 Å². The number of para-hydroxylation sites is 1. The van der Waals surface area contributed by atoms with Gasteiger partial charge in [-0.25, -0.2) is 0 Å². The van der Waals surface area contributed by atoms with Crippen molar-refractivity contribution >= 4 is 16.8 Å². The molecule has 2 heterocycles. The molecule has 1 aliphatic heterocycles. The number of benzene rings is 1. The normalized spacial score (nSPS) is 17.6. The van der Waals surface area contributed by atoms with Crippen LogP contribution in [0.15, 0.2) is 36.5 Å². The topological polar surface area (TPSA) is 77.2 Å². The van der Waals surface area contributed by atoms with Crippen LogP contribution >= 0.6 is 0 Å². The van der Waals surface area contributed by atoms with Gasteiger partial charge in [-0.1, -0.05) is 18.2 Å². The van der Waals surface area contributed by atoms with Gasteiger partial charge < -0.3 is 15.8 Å². The fourth-order valence-corrected chi connectivity index (χ4v) is 2.53. The molecule has 1 fully saturated rings. The molecule has 2 aromatic rings. The van der Waals surface area contributed by atoms with Crippen LogP contribution in [-0.2, 0) is 16.1 Å². The van der Waals surface area contributed by atoms with Crippen molar-refractivity contribution in [3.8, 4) is 0 Å². The van der Waals surface area contributed by atoms with Gasteiger partial charge in [0.05, 0.1) is 11.1 Å². The zero-order chi connectivity index (χ0) is 14.7. The van der Waals surface area contributed by atoms with Crippen LogP contribution in [0, 0.1) is 0 Å². The molecule has 21 heavy (non-hydrogen) atoms. The number of fused-ring (bicyclic) bond motifs is 1. The maximum atomic E-state index is 12.2. The molecule has 1 aromatic heterocycles. The smallest absolute Gasteiger partial charge is 0.240 e. The van der Waals surface area contributed by atoms with Crippen LogP contribution in [0.3, 0.4) is 0 Å². The summed E-state index contributed by atoms with van der Waals surface area (Å²) in [5.41, 5.74) is 7.27. The van der Waals surface area contributed by atoms with Gasteiger partial charge in [-0.3, -0.25) is 9.78 Å². The van der Waals surface area contributed by atoms with E-state index < -0.39 is 5.54 Å². The van der Waals surface area contributed by atoms with Crippen LogP contribution in [0.4, 0.5) is 0 Å². The molecule has 0 unspecified atom stereocenters. The van der Waals surface area contributed by atoms with Crippen LogP contribution in [0.2, 0.25) is 0 Å². The predicted octanol–water partition coefficient (Wildman–Crippen LogP) is 1.36. The molecular weight excluding hydrogens is 266 g/mol. The maximum absolute atomic E-state index is 12.2. The molecule has 0 bridgehead atoms. The highest BCUT2D eigenvalue weighted by atomic mass is 16.5. The Balaban J connectivity index is 1.67. The van der Waals surface area contributed by atoms with Crippen LogP contribution in [0.5, 0.6) is 0 Å². The molecule has 5 nitrogen and oxygen atoms in total. The second kappa shape index (κ2) is 5.79. The number of nitrogens with two attached hydrogens (primary N) is 1. The third-order valence-corrected chi connectivity index (χ3v) is 3.94. The monoisotopic (exact) mass is 285 g/mol. The van der Waals surface area contributed by atoms with Crippen molar-refractivity contribution in [1.82, 2.24) is 10.3 Å². The number of ether oxygens (including phenoxy) is 1. The first-order valence-corrected chi connectivity index (χ1v) is 7.16. The van der Waals surface area contributed by atoms with Crippen molar-refractivity contribution in [2.45, 2.75) is 24.9 Å². The quantitative estimate of drug-likeness (QED) is 0.892. The van der Waals surface area contributed by atoms with Gasteiger partial charge in [0.2, 0.25) is 5.91 Å². The second-order valence-electron chi connectivity index (χ2n) is 5.49. The van der Waals surface area contributed by atoms with E-state index in [1.54, 1.807) is 6.20 Å². The van der Waals surface area contributed by atoms with Crippen molar-refractivity contribution in [3.05, 3.63) is 42.1 Å². The van der Waals surface area contributed by atoms with Crippen molar-refractivity contribution in [2.75, 3.05) is 13.2 Å². The molecule has 110 valence electrons. The van der Waals surface area contributed by atoms with Crippen LogP contribution in [0.1, 0.15) is 18.4 Å². The number of carbonyl (C=O) groups excluding carboxylic acids is 1. The lowest BCUT2D eigenvalue weighted by molar-refractivity contribution is -0.129. The molecule has 0 radical (unpaired) electrons. The minimum atomic E-state index is -0.803. The molecule has 3 N–H and O–H groups in total. The van der Waals surface area contributed by atoms with E-state index in [9.17, 15) is 4.79 Å². The number of amides is 1. The standard InChI is InChI=1S/C16H19N3O2/c17-16(5-7-21-8-6-16)15(20)19-11-12-9-13-3-1-2-4-14(13)18-10-12/h1-4,9-10H,5-8,11,17H2,(H,19,20). The van der Waals surface area contributed by atoms with Gasteiger partial charge in [-0.15, -0.1) is 0 Å². The highest BCUT2D eigenvalue weighted by Gasteiger charge is 2.35. The molecule has 1 amide bonds. The van der Waals surface area contributed by atoms with E-state index in [0.717, 1.165) is 16.5 Å². The molecular formula is C16H19N3O2. The summed E-state index contributed by atoms with van der Waals surface area (Å²) in [6.07, 6.45) is 2.92. The van der Waals surface area contributed by atoms with E-state index in [0.29, 0.717) is 32.6 Å². The Morgan fingerprint density at radius 2 is 2.10 bits per heavy atom. The number of rotatable bonds is 3. The van der Waals surface area contributed by atoms with Gasteiger partial charge in [0.1, 0.15) is 0 Å². The highest BCUT2D eigenvalue weighted by Crippen LogP contribution is 2.18. The minimum Gasteiger partial charge on any atom is -0.381 e. The lowest BCUT2D eigenvalue weighted by Gasteiger charge is -2.31. The molecule has 1 aromatic carbocycles. The van der Waals surface area contributed by atoms with Crippen molar-refractivity contribution in [2.24, 2.45) is 5.73 Å². The summed E-state index contributed by atoms with van der Waals surface area (Å²) in [6, 6.07) is 9.95. The number of nitrogens with zero attached hydrogens (tertiary/aromatic N) is 1. The molecule has 0 aliphatic carbocycles. The largest absolute Gasteiger partial charge is 0.381 e. The average molecular weight is 285 g/mol. The molecule has 0 spiro atoms. The third-order valence-electron chi connectivity index (χ3n) is 3.94. The number of aromatic nitrogens is 1. The first-order chi connectivity index (χ1) is 10.2. The van der Waals surface area contributed by atoms with Crippen LogP contribution in [-0.4, -0.2) is 29.6 Å². The summed E-state index contributed by atoms with van der Waals surface area (Å²) < 4.78 is 5.26. The van der Waals surface area contributed by atoms with Crippen molar-refractivity contribution < 1.29 is 9.53 Å². The lowest BCUT2D eigenvalue weighted by atomic mass is 9.90. The van der Waals surface area contributed by atoms with Crippen molar-refractivity contribution in [1.29, 1.82) is 0 Å². The minimum absolute atomic E-state index is 0.112. The summed E-state index contributed by atoms with van der Waals surface area (Å²) >= 11 is 0. The van der Waals surface area contributed by atoms with Gasteiger partial charge >= 0.3 is 0 Å². The molecule has 5 heteroatoms. The Hall–Kier alpha value is -1.98.